The molecule has 0 unspecified atom stereocenters. The van der Waals surface area contributed by atoms with Crippen molar-refractivity contribution in [3.63, 3.8) is 0 Å². The van der Waals surface area contributed by atoms with Gasteiger partial charge in [0.15, 0.2) is 0 Å². The molecule has 3 heteroatoms. The van der Waals surface area contributed by atoms with Crippen molar-refractivity contribution < 1.29 is 10.2 Å². The molecule has 0 heterocycles. The van der Waals surface area contributed by atoms with Gasteiger partial charge in [-0.25, -0.2) is 0 Å². The molecule has 0 spiro atoms. The summed E-state index contributed by atoms with van der Waals surface area (Å²) in [6.45, 7) is 3.40. The van der Waals surface area contributed by atoms with E-state index < -0.39 is 5.60 Å². The van der Waals surface area contributed by atoms with Crippen LogP contribution in [0.3, 0.4) is 0 Å². The van der Waals surface area contributed by atoms with Gasteiger partial charge in [-0.05, 0) is 47.5 Å². The smallest absolute Gasteiger partial charge is 0.129 e. The molecule has 1 aromatic rings. The zero-order chi connectivity index (χ0) is 9.35. The summed E-state index contributed by atoms with van der Waals surface area (Å²) in [5.41, 5.74) is -0.0943. The third-order valence-electron chi connectivity index (χ3n) is 1.65. The lowest BCUT2D eigenvalue weighted by molar-refractivity contribution is 0.0785. The van der Waals surface area contributed by atoms with Crippen LogP contribution in [-0.4, -0.2) is 10.2 Å². The Bertz CT molecular complexity index is 289. The van der Waals surface area contributed by atoms with Crippen molar-refractivity contribution in [3.05, 3.63) is 28.2 Å². The summed E-state index contributed by atoms with van der Waals surface area (Å²) in [5, 5.41) is 18.8. The van der Waals surface area contributed by atoms with Gasteiger partial charge in [0, 0.05) is 0 Å². The zero-order valence-electron chi connectivity index (χ0n) is 7.00. The summed E-state index contributed by atoms with van der Waals surface area (Å²) >= 11 is 3.18. The van der Waals surface area contributed by atoms with E-state index in [0.29, 0.717) is 4.47 Å². The van der Waals surface area contributed by atoms with Crippen molar-refractivity contribution in [1.29, 1.82) is 0 Å². The number of phenolic OH excluding ortho intramolecular Hbond substituents is 1. The van der Waals surface area contributed by atoms with E-state index in [1.54, 1.807) is 32.0 Å². The second-order valence-electron chi connectivity index (χ2n) is 3.23. The molecular weight excluding hydrogens is 220 g/mol. The fourth-order valence-electron chi connectivity index (χ4n) is 0.887. The van der Waals surface area contributed by atoms with Gasteiger partial charge in [-0.1, -0.05) is 6.07 Å². The van der Waals surface area contributed by atoms with Crippen molar-refractivity contribution in [2.75, 3.05) is 0 Å². The van der Waals surface area contributed by atoms with Crippen LogP contribution in [0.25, 0.3) is 0 Å². The first-order chi connectivity index (χ1) is 5.41. The van der Waals surface area contributed by atoms with Gasteiger partial charge in [0.25, 0.3) is 0 Å². The quantitative estimate of drug-likeness (QED) is 0.778. The normalized spacial score (nSPS) is 11.7. The molecule has 0 saturated heterocycles. The van der Waals surface area contributed by atoms with Gasteiger partial charge in [0.2, 0.25) is 0 Å². The Morgan fingerprint density at radius 3 is 2.33 bits per heavy atom. The van der Waals surface area contributed by atoms with E-state index in [1.807, 2.05) is 0 Å². The van der Waals surface area contributed by atoms with Gasteiger partial charge in [0.1, 0.15) is 5.75 Å². The molecule has 0 amide bonds. The molecule has 0 aliphatic heterocycles. The average molecular weight is 231 g/mol. The topological polar surface area (TPSA) is 40.5 Å². The maximum atomic E-state index is 9.60. The molecule has 1 rings (SSSR count). The number of aromatic hydroxyl groups is 1. The van der Waals surface area contributed by atoms with Crippen LogP contribution in [0.2, 0.25) is 0 Å². The second-order valence-corrected chi connectivity index (χ2v) is 4.08. The number of hydrogen-bond acceptors (Lipinski definition) is 2. The van der Waals surface area contributed by atoms with Crippen molar-refractivity contribution in [2.45, 2.75) is 19.4 Å². The molecule has 0 atom stereocenters. The molecule has 0 aromatic heterocycles. The van der Waals surface area contributed by atoms with E-state index in [9.17, 15) is 10.2 Å². The summed E-state index contributed by atoms with van der Waals surface area (Å²) in [6.07, 6.45) is 0. The average Bonchev–Trinajstić information content (AvgIpc) is 1.92. The fraction of sp³-hybridized carbons (Fsp3) is 0.333. The van der Waals surface area contributed by atoms with Crippen LogP contribution in [0.4, 0.5) is 0 Å². The molecule has 0 fully saturated rings. The molecule has 2 nitrogen and oxygen atoms in total. The molecule has 1 aromatic carbocycles. The second kappa shape index (κ2) is 3.07. The summed E-state index contributed by atoms with van der Waals surface area (Å²) in [4.78, 5) is 0. The Kier molecular flexibility index (Phi) is 2.44. The number of aliphatic hydroxyl groups is 1. The van der Waals surface area contributed by atoms with Crippen LogP contribution in [0.5, 0.6) is 5.75 Å². The number of benzene rings is 1. The molecule has 12 heavy (non-hydrogen) atoms. The Balaban J connectivity index is 3.14. The lowest BCUT2D eigenvalue weighted by Crippen LogP contribution is -2.14. The predicted octanol–water partition coefficient (Wildman–Crippen LogP) is 2.38. The fourth-order valence-corrected chi connectivity index (χ4v) is 1.27. The van der Waals surface area contributed by atoms with E-state index in [2.05, 4.69) is 15.9 Å². The van der Waals surface area contributed by atoms with Gasteiger partial charge in [-0.2, -0.15) is 0 Å². The molecule has 0 radical (unpaired) electrons. The van der Waals surface area contributed by atoms with E-state index >= 15 is 0 Å². The zero-order valence-corrected chi connectivity index (χ0v) is 8.59. The summed E-state index contributed by atoms with van der Waals surface area (Å²) < 4.78 is 0.599. The Labute approximate surface area is 80.0 Å². The molecule has 0 saturated carbocycles. The maximum Gasteiger partial charge on any atom is 0.129 e. The van der Waals surface area contributed by atoms with Crippen molar-refractivity contribution in [1.82, 2.24) is 0 Å². The lowest BCUT2D eigenvalue weighted by atomic mass is 9.99. The standard InChI is InChI=1S/C9H11BrO2/c1-9(2,12)6-3-4-8(11)7(10)5-6/h3-5,11-12H,1-2H3. The monoisotopic (exact) mass is 230 g/mol. The number of rotatable bonds is 1. The highest BCUT2D eigenvalue weighted by Gasteiger charge is 2.16. The SMILES string of the molecule is CC(C)(O)c1ccc(O)c(Br)c1. The third kappa shape index (κ3) is 1.99. The molecule has 0 aliphatic carbocycles. The highest BCUT2D eigenvalue weighted by Crippen LogP contribution is 2.29. The van der Waals surface area contributed by atoms with Gasteiger partial charge in [0.05, 0.1) is 10.1 Å². The van der Waals surface area contributed by atoms with E-state index in [0.717, 1.165) is 5.56 Å². The molecule has 66 valence electrons. The van der Waals surface area contributed by atoms with Crippen molar-refractivity contribution >= 4 is 15.9 Å². The minimum atomic E-state index is -0.865. The Morgan fingerprint density at radius 1 is 1.33 bits per heavy atom. The van der Waals surface area contributed by atoms with E-state index in [-0.39, 0.29) is 5.75 Å². The first kappa shape index (κ1) is 9.55. The van der Waals surface area contributed by atoms with Crippen molar-refractivity contribution in [2.24, 2.45) is 0 Å². The first-order valence-electron chi connectivity index (χ1n) is 3.62. The lowest BCUT2D eigenvalue weighted by Gasteiger charge is -2.17. The Morgan fingerprint density at radius 2 is 1.92 bits per heavy atom. The van der Waals surface area contributed by atoms with Crippen LogP contribution < -0.4 is 0 Å². The van der Waals surface area contributed by atoms with Crippen LogP contribution in [0, 0.1) is 0 Å². The molecule has 0 aliphatic rings. The molecule has 0 bridgehead atoms. The molecular formula is C9H11BrO2. The van der Waals surface area contributed by atoms with Crippen LogP contribution in [0.15, 0.2) is 22.7 Å². The number of halogens is 1. The summed E-state index contributed by atoms with van der Waals surface area (Å²) in [7, 11) is 0. The number of phenols is 1. The summed E-state index contributed by atoms with van der Waals surface area (Å²) in [5.74, 6) is 0.183. The summed E-state index contributed by atoms with van der Waals surface area (Å²) in [6, 6.07) is 4.95. The third-order valence-corrected chi connectivity index (χ3v) is 2.29. The first-order valence-corrected chi connectivity index (χ1v) is 4.42. The van der Waals surface area contributed by atoms with Crippen LogP contribution in [-0.2, 0) is 5.60 Å². The minimum absolute atomic E-state index is 0.183. The highest BCUT2D eigenvalue weighted by molar-refractivity contribution is 9.10. The van der Waals surface area contributed by atoms with Crippen LogP contribution in [0.1, 0.15) is 19.4 Å². The van der Waals surface area contributed by atoms with Crippen LogP contribution >= 0.6 is 15.9 Å². The van der Waals surface area contributed by atoms with Gasteiger partial charge < -0.3 is 10.2 Å². The van der Waals surface area contributed by atoms with E-state index in [1.165, 1.54) is 0 Å². The van der Waals surface area contributed by atoms with E-state index in [4.69, 9.17) is 0 Å². The van der Waals surface area contributed by atoms with Gasteiger partial charge in [-0.3, -0.25) is 0 Å². The largest absolute Gasteiger partial charge is 0.507 e. The Hall–Kier alpha value is -0.540. The predicted molar refractivity (Wildman–Crippen MR) is 51.1 cm³/mol. The molecule has 2 N–H and O–H groups in total. The highest BCUT2D eigenvalue weighted by atomic mass is 79.9. The van der Waals surface area contributed by atoms with Gasteiger partial charge >= 0.3 is 0 Å². The van der Waals surface area contributed by atoms with Crippen molar-refractivity contribution in [3.8, 4) is 5.75 Å². The number of hydrogen-bond donors (Lipinski definition) is 2. The minimum Gasteiger partial charge on any atom is -0.507 e. The van der Waals surface area contributed by atoms with Gasteiger partial charge in [-0.15, -0.1) is 0 Å². The maximum absolute atomic E-state index is 9.60.